The monoisotopic (exact) mass is 335 g/mol. The maximum absolute atomic E-state index is 13.3. The molecule has 0 saturated heterocycles. The zero-order valence-corrected chi connectivity index (χ0v) is 12.6. The molecule has 1 aromatic heterocycles. The van der Waals surface area contributed by atoms with Gasteiger partial charge in [-0.3, -0.25) is 4.79 Å². The number of fused-ring (bicyclic) bond motifs is 1. The summed E-state index contributed by atoms with van der Waals surface area (Å²) >= 11 is 5.79. The Hall–Kier alpha value is -2.47. The van der Waals surface area contributed by atoms with Gasteiger partial charge in [0.05, 0.1) is 17.4 Å². The average molecular weight is 336 g/mol. The van der Waals surface area contributed by atoms with Crippen LogP contribution in [0.1, 0.15) is 5.56 Å². The van der Waals surface area contributed by atoms with E-state index in [2.05, 4.69) is 10.3 Å². The Bertz CT molecular complexity index is 862. The fourth-order valence-electron chi connectivity index (χ4n) is 2.19. The highest BCUT2D eigenvalue weighted by atomic mass is 35.5. The molecule has 3 aromatic rings. The second kappa shape index (κ2) is 6.34. The number of rotatable bonds is 4. The maximum Gasteiger partial charge on any atom is 0.240 e. The van der Waals surface area contributed by atoms with E-state index in [1.165, 1.54) is 10.9 Å². The maximum atomic E-state index is 13.3. The van der Waals surface area contributed by atoms with Crippen LogP contribution in [-0.2, 0) is 17.9 Å². The Morgan fingerprint density at radius 1 is 1.17 bits per heavy atom. The molecule has 0 saturated carbocycles. The molecule has 1 N–H and O–H groups in total. The molecule has 7 heteroatoms. The molecule has 0 aliphatic rings. The lowest BCUT2D eigenvalue weighted by Crippen LogP contribution is -2.26. The molecule has 0 atom stereocenters. The van der Waals surface area contributed by atoms with E-state index in [0.29, 0.717) is 22.6 Å². The second-order valence-electron chi connectivity index (χ2n) is 5.03. The van der Waals surface area contributed by atoms with Crippen LogP contribution in [0.4, 0.5) is 8.78 Å². The topological polar surface area (TPSA) is 46.9 Å². The van der Waals surface area contributed by atoms with Crippen LogP contribution in [0.25, 0.3) is 11.0 Å². The first kappa shape index (κ1) is 15.4. The Morgan fingerprint density at radius 2 is 1.87 bits per heavy atom. The molecule has 4 nitrogen and oxygen atoms in total. The highest BCUT2D eigenvalue weighted by Crippen LogP contribution is 2.17. The van der Waals surface area contributed by atoms with E-state index in [4.69, 9.17) is 11.6 Å². The van der Waals surface area contributed by atoms with Crippen LogP contribution in [0.5, 0.6) is 0 Å². The van der Waals surface area contributed by atoms with Crippen LogP contribution >= 0.6 is 11.6 Å². The summed E-state index contributed by atoms with van der Waals surface area (Å²) in [6.45, 7) is 0.320. The van der Waals surface area contributed by atoms with Gasteiger partial charge in [0, 0.05) is 23.7 Å². The highest BCUT2D eigenvalue weighted by Gasteiger charge is 2.11. The molecule has 0 aliphatic carbocycles. The summed E-state index contributed by atoms with van der Waals surface area (Å²) in [5.41, 5.74) is 1.58. The lowest BCUT2D eigenvalue weighted by molar-refractivity contribution is -0.121. The van der Waals surface area contributed by atoms with Gasteiger partial charge in [0.15, 0.2) is 11.6 Å². The lowest BCUT2D eigenvalue weighted by Gasteiger charge is -2.07. The summed E-state index contributed by atoms with van der Waals surface area (Å²) in [7, 11) is 0. The molecule has 118 valence electrons. The third kappa shape index (κ3) is 3.48. The second-order valence-corrected chi connectivity index (χ2v) is 5.47. The van der Waals surface area contributed by atoms with E-state index in [9.17, 15) is 13.6 Å². The van der Waals surface area contributed by atoms with Crippen LogP contribution in [0.15, 0.2) is 42.7 Å². The van der Waals surface area contributed by atoms with Crippen LogP contribution in [0.3, 0.4) is 0 Å². The molecule has 0 spiro atoms. The van der Waals surface area contributed by atoms with Gasteiger partial charge >= 0.3 is 0 Å². The fourth-order valence-corrected chi connectivity index (χ4v) is 2.32. The summed E-state index contributed by atoms with van der Waals surface area (Å²) in [6.07, 6.45) is 1.38. The molecule has 2 aromatic carbocycles. The third-order valence-corrected chi connectivity index (χ3v) is 3.63. The van der Waals surface area contributed by atoms with Crippen LogP contribution in [0, 0.1) is 11.6 Å². The molecule has 0 unspecified atom stereocenters. The van der Waals surface area contributed by atoms with Crippen molar-refractivity contribution in [3.63, 3.8) is 0 Å². The molecule has 23 heavy (non-hydrogen) atoms. The Balaban J connectivity index is 1.68. The number of nitrogens with one attached hydrogen (secondary N) is 1. The van der Waals surface area contributed by atoms with Crippen molar-refractivity contribution in [2.24, 2.45) is 0 Å². The van der Waals surface area contributed by atoms with E-state index in [1.54, 1.807) is 12.1 Å². The molecule has 1 heterocycles. The molecule has 0 radical (unpaired) electrons. The fraction of sp³-hybridized carbons (Fsp3) is 0.125. The van der Waals surface area contributed by atoms with Crippen molar-refractivity contribution in [2.45, 2.75) is 13.1 Å². The zero-order chi connectivity index (χ0) is 16.4. The third-order valence-electron chi connectivity index (χ3n) is 3.38. The standard InChI is InChI=1S/C16H12ClF2N3O/c17-11-3-1-10(2-4-11)7-20-16(23)8-22-9-21-14-5-12(18)13(19)6-15(14)22/h1-6,9H,7-8H2,(H,20,23). The number of hydrogen-bond acceptors (Lipinski definition) is 2. The first-order valence-electron chi connectivity index (χ1n) is 6.84. The van der Waals surface area contributed by atoms with Crippen LogP contribution in [-0.4, -0.2) is 15.5 Å². The largest absolute Gasteiger partial charge is 0.350 e. The number of nitrogens with zero attached hydrogens (tertiary/aromatic N) is 2. The molecule has 0 bridgehead atoms. The first-order valence-corrected chi connectivity index (χ1v) is 7.22. The number of benzene rings is 2. The first-order chi connectivity index (χ1) is 11.0. The molecular weight excluding hydrogens is 324 g/mol. The smallest absolute Gasteiger partial charge is 0.240 e. The van der Waals surface area contributed by atoms with Gasteiger partial charge in [-0.15, -0.1) is 0 Å². The van der Waals surface area contributed by atoms with Gasteiger partial charge in [0.25, 0.3) is 0 Å². The quantitative estimate of drug-likeness (QED) is 0.795. The van der Waals surface area contributed by atoms with Crippen molar-refractivity contribution in [2.75, 3.05) is 0 Å². The van der Waals surface area contributed by atoms with Gasteiger partial charge in [-0.1, -0.05) is 23.7 Å². The predicted molar refractivity (Wildman–Crippen MR) is 82.9 cm³/mol. The van der Waals surface area contributed by atoms with Crippen LogP contribution in [0.2, 0.25) is 5.02 Å². The minimum Gasteiger partial charge on any atom is -0.350 e. The van der Waals surface area contributed by atoms with Crippen molar-refractivity contribution >= 4 is 28.5 Å². The van der Waals surface area contributed by atoms with Crippen molar-refractivity contribution in [1.29, 1.82) is 0 Å². The molecule has 1 amide bonds. The van der Waals surface area contributed by atoms with E-state index in [1.807, 2.05) is 12.1 Å². The van der Waals surface area contributed by atoms with E-state index in [-0.39, 0.29) is 12.5 Å². The zero-order valence-electron chi connectivity index (χ0n) is 11.9. The van der Waals surface area contributed by atoms with E-state index < -0.39 is 11.6 Å². The van der Waals surface area contributed by atoms with Gasteiger partial charge in [-0.05, 0) is 17.7 Å². The van der Waals surface area contributed by atoms with Crippen molar-refractivity contribution in [1.82, 2.24) is 14.9 Å². The number of carbonyl (C=O) groups is 1. The molecular formula is C16H12ClF2N3O. The van der Waals surface area contributed by atoms with Gasteiger partial charge < -0.3 is 9.88 Å². The number of hydrogen-bond donors (Lipinski definition) is 1. The van der Waals surface area contributed by atoms with Gasteiger partial charge in [-0.2, -0.15) is 0 Å². The number of halogens is 3. The number of amides is 1. The molecule has 3 rings (SSSR count). The van der Waals surface area contributed by atoms with E-state index in [0.717, 1.165) is 17.7 Å². The molecule has 0 aliphatic heterocycles. The minimum absolute atomic E-state index is 0.0326. The summed E-state index contributed by atoms with van der Waals surface area (Å²) < 4.78 is 27.9. The summed E-state index contributed by atoms with van der Waals surface area (Å²) in [5, 5.41) is 3.37. The summed E-state index contributed by atoms with van der Waals surface area (Å²) in [6, 6.07) is 9.14. The van der Waals surface area contributed by atoms with Crippen LogP contribution < -0.4 is 5.32 Å². The van der Waals surface area contributed by atoms with Crippen molar-refractivity contribution in [3.05, 3.63) is 64.9 Å². The Morgan fingerprint density at radius 3 is 2.61 bits per heavy atom. The summed E-state index contributed by atoms with van der Waals surface area (Å²) in [4.78, 5) is 16.0. The Labute approximate surface area is 135 Å². The number of imidazole rings is 1. The lowest BCUT2D eigenvalue weighted by atomic mass is 10.2. The van der Waals surface area contributed by atoms with E-state index >= 15 is 0 Å². The summed E-state index contributed by atoms with van der Waals surface area (Å²) in [5.74, 6) is -2.19. The Kier molecular flexibility index (Phi) is 4.25. The van der Waals surface area contributed by atoms with Crippen molar-refractivity contribution < 1.29 is 13.6 Å². The van der Waals surface area contributed by atoms with Crippen molar-refractivity contribution in [3.8, 4) is 0 Å². The van der Waals surface area contributed by atoms with Gasteiger partial charge in [0.1, 0.15) is 6.54 Å². The minimum atomic E-state index is -0.971. The average Bonchev–Trinajstić information content (AvgIpc) is 2.89. The molecule has 0 fully saturated rings. The number of carbonyl (C=O) groups excluding carboxylic acids is 1. The predicted octanol–water partition coefficient (Wildman–Crippen LogP) is 3.28. The number of aromatic nitrogens is 2. The highest BCUT2D eigenvalue weighted by molar-refractivity contribution is 6.30. The normalized spacial score (nSPS) is 10.9. The van der Waals surface area contributed by atoms with Gasteiger partial charge in [-0.25, -0.2) is 13.8 Å². The SMILES string of the molecule is O=C(Cn1cnc2cc(F)c(F)cc21)NCc1ccc(Cl)cc1. The van der Waals surface area contributed by atoms with Gasteiger partial charge in [0.2, 0.25) is 5.91 Å².